The second-order valence-electron chi connectivity index (χ2n) is 6.70. The first-order valence-corrected chi connectivity index (χ1v) is 11.4. The van der Waals surface area contributed by atoms with Gasteiger partial charge in [0.05, 0.1) is 12.0 Å². The molecule has 0 radical (unpaired) electrons. The molecule has 0 amide bonds. The zero-order valence-corrected chi connectivity index (χ0v) is 18.2. The molecule has 2 rings (SSSR count). The minimum absolute atomic E-state index is 0.241. The highest BCUT2D eigenvalue weighted by molar-refractivity contribution is 7.89. The van der Waals surface area contributed by atoms with Gasteiger partial charge in [-0.1, -0.05) is 25.5 Å². The summed E-state index contributed by atoms with van der Waals surface area (Å²) in [4.78, 5) is 13.4. The van der Waals surface area contributed by atoms with Crippen LogP contribution in [-0.2, 0) is 26.0 Å². The molecule has 1 aliphatic heterocycles. The molecule has 1 saturated heterocycles. The van der Waals surface area contributed by atoms with Crippen molar-refractivity contribution in [3.8, 4) is 0 Å². The molecule has 1 aromatic rings. The molecule has 28 heavy (non-hydrogen) atoms. The molecule has 9 heteroatoms. The van der Waals surface area contributed by atoms with Gasteiger partial charge in [0, 0.05) is 39.1 Å². The zero-order chi connectivity index (χ0) is 20.6. The number of nitrogens with zero attached hydrogens (tertiary/aromatic N) is 2. The summed E-state index contributed by atoms with van der Waals surface area (Å²) >= 11 is 5.38. The zero-order valence-electron chi connectivity index (χ0n) is 16.5. The van der Waals surface area contributed by atoms with Crippen LogP contribution in [-0.4, -0.2) is 68.5 Å². The summed E-state index contributed by atoms with van der Waals surface area (Å²) in [6.45, 7) is 4.54. The van der Waals surface area contributed by atoms with Gasteiger partial charge in [-0.15, -0.1) is 0 Å². The first-order chi connectivity index (χ1) is 13.4. The summed E-state index contributed by atoms with van der Waals surface area (Å²) in [5.74, 6) is -0.241. The number of hydrogen-bond donors (Lipinski definition) is 1. The summed E-state index contributed by atoms with van der Waals surface area (Å²) in [6.07, 6.45) is 2.96. The van der Waals surface area contributed by atoms with E-state index in [4.69, 9.17) is 12.2 Å². The number of piperazine rings is 1. The molecule has 0 saturated carbocycles. The van der Waals surface area contributed by atoms with Crippen LogP contribution in [0.25, 0.3) is 0 Å². The van der Waals surface area contributed by atoms with E-state index in [2.05, 4.69) is 17.0 Å². The fourth-order valence-electron chi connectivity index (χ4n) is 3.04. The Hall–Kier alpha value is -1.71. The Morgan fingerprint density at radius 3 is 2.39 bits per heavy atom. The van der Waals surface area contributed by atoms with E-state index < -0.39 is 10.0 Å². The third-order valence-electron chi connectivity index (χ3n) is 4.69. The number of sulfonamides is 1. The molecule has 7 nitrogen and oxygen atoms in total. The van der Waals surface area contributed by atoms with Gasteiger partial charge in [-0.3, -0.25) is 4.79 Å². The predicted octanol–water partition coefficient (Wildman–Crippen LogP) is 1.77. The summed E-state index contributed by atoms with van der Waals surface area (Å²) in [5.41, 5.74) is 1.15. The highest BCUT2D eigenvalue weighted by atomic mass is 32.2. The van der Waals surface area contributed by atoms with Crippen LogP contribution < -0.4 is 5.32 Å². The molecular weight excluding hydrogens is 398 g/mol. The number of nitrogens with one attached hydrogen (secondary N) is 1. The lowest BCUT2D eigenvalue weighted by atomic mass is 10.1. The van der Waals surface area contributed by atoms with Crippen molar-refractivity contribution >= 4 is 33.3 Å². The minimum atomic E-state index is -3.48. The monoisotopic (exact) mass is 427 g/mol. The van der Waals surface area contributed by atoms with E-state index >= 15 is 0 Å². The standard InChI is InChI=1S/C19H29N3O4S2/c1-3-5-16-7-9-17(10-8-16)28(24,25)22-14-12-21(13-15-22)19(27)20-11-4-6-18(23)26-2/h7-10H,3-6,11-15H2,1-2H3,(H,20,27). The molecule has 0 unspecified atom stereocenters. The van der Waals surface area contributed by atoms with Crippen molar-refractivity contribution in [3.63, 3.8) is 0 Å². The molecule has 0 spiro atoms. The van der Waals surface area contributed by atoms with Crippen molar-refractivity contribution in [3.05, 3.63) is 29.8 Å². The number of thiocarbonyl (C=S) groups is 1. The van der Waals surface area contributed by atoms with Gasteiger partial charge < -0.3 is 15.0 Å². The first-order valence-electron chi connectivity index (χ1n) is 9.57. The largest absolute Gasteiger partial charge is 0.469 e. The van der Waals surface area contributed by atoms with Gasteiger partial charge in [0.25, 0.3) is 0 Å². The van der Waals surface area contributed by atoms with Crippen molar-refractivity contribution < 1.29 is 17.9 Å². The second-order valence-corrected chi connectivity index (χ2v) is 9.02. The van der Waals surface area contributed by atoms with Gasteiger partial charge in [-0.25, -0.2) is 8.42 Å². The summed E-state index contributed by atoms with van der Waals surface area (Å²) in [5, 5.41) is 3.71. The van der Waals surface area contributed by atoms with Gasteiger partial charge in [0.1, 0.15) is 0 Å². The Kier molecular flexibility index (Phi) is 8.65. The van der Waals surface area contributed by atoms with Gasteiger partial charge in [0.2, 0.25) is 10.0 Å². The third-order valence-corrected chi connectivity index (χ3v) is 7.00. The quantitative estimate of drug-likeness (QED) is 0.385. The number of methoxy groups -OCH3 is 1. The number of carbonyl (C=O) groups excluding carboxylic acids is 1. The number of hydrogen-bond acceptors (Lipinski definition) is 5. The number of rotatable bonds is 8. The van der Waals surface area contributed by atoms with Crippen LogP contribution in [0, 0.1) is 0 Å². The predicted molar refractivity (Wildman–Crippen MR) is 113 cm³/mol. The lowest BCUT2D eigenvalue weighted by Gasteiger charge is -2.35. The van der Waals surface area contributed by atoms with Gasteiger partial charge in [0.15, 0.2) is 5.11 Å². The van der Waals surface area contributed by atoms with E-state index in [-0.39, 0.29) is 5.97 Å². The van der Waals surface area contributed by atoms with E-state index in [1.165, 1.54) is 11.4 Å². The summed E-state index contributed by atoms with van der Waals surface area (Å²) in [6, 6.07) is 7.17. The molecule has 0 aliphatic carbocycles. The number of esters is 1. The topological polar surface area (TPSA) is 79.0 Å². The Morgan fingerprint density at radius 1 is 1.18 bits per heavy atom. The van der Waals surface area contributed by atoms with E-state index in [9.17, 15) is 13.2 Å². The lowest BCUT2D eigenvalue weighted by Crippen LogP contribution is -2.53. The fourth-order valence-corrected chi connectivity index (χ4v) is 4.75. The maximum atomic E-state index is 12.9. The highest BCUT2D eigenvalue weighted by Gasteiger charge is 2.29. The SMILES string of the molecule is CCCc1ccc(S(=O)(=O)N2CCN(C(=S)NCCCC(=O)OC)CC2)cc1. The van der Waals surface area contributed by atoms with E-state index in [0.29, 0.717) is 55.6 Å². The molecule has 1 N–H and O–H groups in total. The van der Waals surface area contributed by atoms with Crippen LogP contribution in [0.15, 0.2) is 29.2 Å². The molecule has 1 aromatic carbocycles. The molecule has 1 fully saturated rings. The fraction of sp³-hybridized carbons (Fsp3) is 0.579. The average molecular weight is 428 g/mol. The average Bonchev–Trinajstić information content (AvgIpc) is 2.71. The maximum Gasteiger partial charge on any atom is 0.305 e. The summed E-state index contributed by atoms with van der Waals surface area (Å²) in [7, 11) is -2.12. The highest BCUT2D eigenvalue weighted by Crippen LogP contribution is 2.19. The molecule has 0 bridgehead atoms. The molecule has 0 aromatic heterocycles. The number of aryl methyl sites for hydroxylation is 1. The minimum Gasteiger partial charge on any atom is -0.469 e. The molecule has 0 atom stereocenters. The molecule has 1 aliphatic rings. The second kappa shape index (κ2) is 10.7. The van der Waals surface area contributed by atoms with Crippen molar-refractivity contribution in [1.82, 2.24) is 14.5 Å². The Balaban J connectivity index is 1.83. The van der Waals surface area contributed by atoms with Crippen LogP contribution in [0.3, 0.4) is 0 Å². The Labute approximate surface area is 173 Å². The van der Waals surface area contributed by atoms with Crippen molar-refractivity contribution in [2.45, 2.75) is 37.5 Å². The smallest absolute Gasteiger partial charge is 0.305 e. The van der Waals surface area contributed by atoms with E-state index in [0.717, 1.165) is 18.4 Å². The normalized spacial score (nSPS) is 15.3. The Bertz CT molecular complexity index is 758. The van der Waals surface area contributed by atoms with Crippen molar-refractivity contribution in [2.24, 2.45) is 0 Å². The van der Waals surface area contributed by atoms with Crippen LogP contribution in [0.4, 0.5) is 0 Å². The van der Waals surface area contributed by atoms with Gasteiger partial charge >= 0.3 is 5.97 Å². The van der Waals surface area contributed by atoms with Crippen LogP contribution in [0.1, 0.15) is 31.7 Å². The molecule has 1 heterocycles. The van der Waals surface area contributed by atoms with E-state index in [1.807, 2.05) is 17.0 Å². The van der Waals surface area contributed by atoms with Gasteiger partial charge in [-0.05, 0) is 42.8 Å². The van der Waals surface area contributed by atoms with Crippen molar-refractivity contribution in [2.75, 3.05) is 39.8 Å². The summed E-state index contributed by atoms with van der Waals surface area (Å²) < 4.78 is 31.8. The number of ether oxygens (including phenoxy) is 1. The first kappa shape index (κ1) is 22.6. The van der Waals surface area contributed by atoms with Gasteiger partial charge in [-0.2, -0.15) is 4.31 Å². The maximum absolute atomic E-state index is 12.9. The number of benzene rings is 1. The number of carbonyl (C=O) groups is 1. The van der Waals surface area contributed by atoms with Crippen LogP contribution >= 0.6 is 12.2 Å². The van der Waals surface area contributed by atoms with E-state index in [1.54, 1.807) is 12.1 Å². The molecule has 156 valence electrons. The van der Waals surface area contributed by atoms with Crippen molar-refractivity contribution in [1.29, 1.82) is 0 Å². The molecular formula is C19H29N3O4S2. The van der Waals surface area contributed by atoms with Crippen LogP contribution in [0.5, 0.6) is 0 Å². The Morgan fingerprint density at radius 2 is 1.82 bits per heavy atom. The third kappa shape index (κ3) is 6.15. The van der Waals surface area contributed by atoms with Crippen LogP contribution in [0.2, 0.25) is 0 Å². The lowest BCUT2D eigenvalue weighted by molar-refractivity contribution is -0.140.